The lowest BCUT2D eigenvalue weighted by Crippen LogP contribution is -2.46. The minimum Gasteiger partial charge on any atom is -0.318 e. The van der Waals surface area contributed by atoms with Crippen LogP contribution in [0, 0.1) is 0 Å². The summed E-state index contributed by atoms with van der Waals surface area (Å²) in [6.45, 7) is 2.42. The number of likely N-dealkylation sites (N-methyl/N-ethyl adjacent to an activating group) is 1. The fraction of sp³-hybridized carbons (Fsp3) is 0.667. The van der Waals surface area contributed by atoms with Crippen LogP contribution >= 0.6 is 0 Å². The monoisotopic (exact) mass is 272 g/mol. The predicted molar refractivity (Wildman–Crippen MR) is 85.0 cm³/mol. The van der Waals surface area contributed by atoms with Crippen LogP contribution in [0.25, 0.3) is 0 Å². The van der Waals surface area contributed by atoms with E-state index in [9.17, 15) is 0 Å². The van der Waals surface area contributed by atoms with Gasteiger partial charge in [-0.1, -0.05) is 37.1 Å². The number of fused-ring (bicyclic) bond motifs is 1. The van der Waals surface area contributed by atoms with Gasteiger partial charge in [0, 0.05) is 18.6 Å². The van der Waals surface area contributed by atoms with Crippen molar-refractivity contribution in [3.05, 3.63) is 35.4 Å². The Morgan fingerprint density at radius 3 is 2.85 bits per heavy atom. The molecule has 2 unspecified atom stereocenters. The first-order valence-electron chi connectivity index (χ1n) is 8.38. The van der Waals surface area contributed by atoms with Gasteiger partial charge >= 0.3 is 0 Å². The molecule has 0 saturated carbocycles. The maximum absolute atomic E-state index is 3.40. The Labute approximate surface area is 123 Å². The Morgan fingerprint density at radius 2 is 1.95 bits per heavy atom. The van der Waals surface area contributed by atoms with Gasteiger partial charge in [-0.15, -0.1) is 0 Å². The maximum Gasteiger partial charge on any atom is 0.0354 e. The van der Waals surface area contributed by atoms with Gasteiger partial charge in [0.1, 0.15) is 0 Å². The zero-order valence-electron chi connectivity index (χ0n) is 12.8. The van der Waals surface area contributed by atoms with Gasteiger partial charge < -0.3 is 5.32 Å². The maximum atomic E-state index is 3.40. The Morgan fingerprint density at radius 1 is 1.10 bits per heavy atom. The highest BCUT2D eigenvalue weighted by Crippen LogP contribution is 2.36. The average molecular weight is 272 g/mol. The molecule has 2 atom stereocenters. The minimum absolute atomic E-state index is 0.660. The molecule has 20 heavy (non-hydrogen) atoms. The first-order chi connectivity index (χ1) is 9.90. The fourth-order valence-electron chi connectivity index (χ4n) is 4.13. The topological polar surface area (TPSA) is 15.3 Å². The third-order valence-electron chi connectivity index (χ3n) is 5.10. The SMILES string of the molecule is CNCC1CCCCN1C1CCCCc2ccccc21. The number of benzene rings is 1. The molecule has 2 aliphatic rings. The summed E-state index contributed by atoms with van der Waals surface area (Å²) < 4.78 is 0. The van der Waals surface area contributed by atoms with Crippen molar-refractivity contribution in [2.24, 2.45) is 0 Å². The average Bonchev–Trinajstić information content (AvgIpc) is 2.71. The van der Waals surface area contributed by atoms with E-state index in [2.05, 4.69) is 41.5 Å². The smallest absolute Gasteiger partial charge is 0.0354 e. The van der Waals surface area contributed by atoms with Gasteiger partial charge in [-0.3, -0.25) is 4.90 Å². The van der Waals surface area contributed by atoms with Crippen molar-refractivity contribution in [1.82, 2.24) is 10.2 Å². The second kappa shape index (κ2) is 6.73. The number of hydrogen-bond acceptors (Lipinski definition) is 2. The van der Waals surface area contributed by atoms with Gasteiger partial charge in [0.25, 0.3) is 0 Å². The van der Waals surface area contributed by atoms with E-state index in [1.165, 1.54) is 51.5 Å². The zero-order valence-corrected chi connectivity index (χ0v) is 12.8. The molecule has 1 aliphatic heterocycles. The van der Waals surface area contributed by atoms with Crippen molar-refractivity contribution in [3.63, 3.8) is 0 Å². The third kappa shape index (κ3) is 2.91. The quantitative estimate of drug-likeness (QED) is 0.847. The molecule has 0 radical (unpaired) electrons. The molecule has 0 aromatic heterocycles. The van der Waals surface area contributed by atoms with E-state index in [1.807, 2.05) is 0 Å². The number of nitrogens with one attached hydrogen (secondary N) is 1. The van der Waals surface area contributed by atoms with Gasteiger partial charge in [-0.2, -0.15) is 0 Å². The lowest BCUT2D eigenvalue weighted by molar-refractivity contribution is 0.0888. The van der Waals surface area contributed by atoms with Gasteiger partial charge in [0.05, 0.1) is 0 Å². The summed E-state index contributed by atoms with van der Waals surface area (Å²) in [4.78, 5) is 2.81. The molecule has 0 bridgehead atoms. The first kappa shape index (κ1) is 14.1. The molecule has 1 saturated heterocycles. The van der Waals surface area contributed by atoms with Crippen LogP contribution in [0.4, 0.5) is 0 Å². The van der Waals surface area contributed by atoms with Crippen LogP contribution in [-0.2, 0) is 6.42 Å². The number of likely N-dealkylation sites (tertiary alicyclic amines) is 1. The highest BCUT2D eigenvalue weighted by molar-refractivity contribution is 5.31. The van der Waals surface area contributed by atoms with E-state index in [-0.39, 0.29) is 0 Å². The summed E-state index contributed by atoms with van der Waals surface area (Å²) in [5, 5.41) is 3.40. The molecule has 2 heteroatoms. The van der Waals surface area contributed by atoms with Crippen LogP contribution < -0.4 is 5.32 Å². The lowest BCUT2D eigenvalue weighted by atomic mass is 9.92. The molecule has 1 aromatic rings. The molecule has 1 aliphatic carbocycles. The zero-order chi connectivity index (χ0) is 13.8. The number of rotatable bonds is 3. The number of piperidine rings is 1. The molecular weight excluding hydrogens is 244 g/mol. The van der Waals surface area contributed by atoms with Crippen LogP contribution in [0.2, 0.25) is 0 Å². The number of nitrogens with zero attached hydrogens (tertiary/aromatic N) is 1. The van der Waals surface area contributed by atoms with Crippen LogP contribution in [0.15, 0.2) is 24.3 Å². The number of hydrogen-bond donors (Lipinski definition) is 1. The van der Waals surface area contributed by atoms with Crippen LogP contribution in [0.5, 0.6) is 0 Å². The first-order valence-corrected chi connectivity index (χ1v) is 8.38. The van der Waals surface area contributed by atoms with E-state index in [4.69, 9.17) is 0 Å². The van der Waals surface area contributed by atoms with E-state index in [0.717, 1.165) is 12.6 Å². The molecule has 0 amide bonds. The molecule has 2 nitrogen and oxygen atoms in total. The molecule has 0 spiro atoms. The standard InChI is InChI=1S/C18H28N2/c1-19-14-16-10-6-7-13-20(16)18-12-5-3-9-15-8-2-4-11-17(15)18/h2,4,8,11,16,18-19H,3,5-7,9-10,12-14H2,1H3. The van der Waals surface area contributed by atoms with Crippen molar-refractivity contribution in [2.75, 3.05) is 20.1 Å². The number of aryl methyl sites for hydroxylation is 1. The molecular formula is C18H28N2. The summed E-state index contributed by atoms with van der Waals surface area (Å²) in [6, 6.07) is 10.6. The van der Waals surface area contributed by atoms with E-state index < -0.39 is 0 Å². The Kier molecular flexibility index (Phi) is 4.74. The van der Waals surface area contributed by atoms with Gasteiger partial charge in [-0.05, 0) is 56.8 Å². The van der Waals surface area contributed by atoms with Crippen LogP contribution in [0.3, 0.4) is 0 Å². The van der Waals surface area contributed by atoms with Crippen LogP contribution in [0.1, 0.15) is 55.7 Å². The Balaban J connectivity index is 1.87. The second-order valence-electron chi connectivity index (χ2n) is 6.41. The van der Waals surface area contributed by atoms with Gasteiger partial charge in [0.2, 0.25) is 0 Å². The lowest BCUT2D eigenvalue weighted by Gasteiger charge is -2.41. The van der Waals surface area contributed by atoms with Crippen molar-refractivity contribution >= 4 is 0 Å². The highest BCUT2D eigenvalue weighted by Gasteiger charge is 2.31. The molecule has 1 aromatic carbocycles. The predicted octanol–water partition coefficient (Wildman–Crippen LogP) is 3.53. The van der Waals surface area contributed by atoms with Gasteiger partial charge in [-0.25, -0.2) is 0 Å². The van der Waals surface area contributed by atoms with Gasteiger partial charge in [0.15, 0.2) is 0 Å². The summed E-state index contributed by atoms with van der Waals surface area (Å²) in [5.41, 5.74) is 3.22. The summed E-state index contributed by atoms with van der Waals surface area (Å²) in [7, 11) is 2.09. The Hall–Kier alpha value is -0.860. The normalized spacial score (nSPS) is 27.9. The molecule has 1 N–H and O–H groups in total. The van der Waals surface area contributed by atoms with E-state index in [0.29, 0.717) is 6.04 Å². The summed E-state index contributed by atoms with van der Waals surface area (Å²) >= 11 is 0. The van der Waals surface area contributed by atoms with Crippen molar-refractivity contribution in [2.45, 2.75) is 57.0 Å². The highest BCUT2D eigenvalue weighted by atomic mass is 15.2. The minimum atomic E-state index is 0.660. The molecule has 1 fully saturated rings. The van der Waals surface area contributed by atoms with Crippen LogP contribution in [-0.4, -0.2) is 31.1 Å². The largest absolute Gasteiger partial charge is 0.318 e. The summed E-state index contributed by atoms with van der Waals surface area (Å²) in [5.74, 6) is 0. The molecule has 1 heterocycles. The van der Waals surface area contributed by atoms with Crippen molar-refractivity contribution in [3.8, 4) is 0 Å². The second-order valence-corrected chi connectivity index (χ2v) is 6.41. The Bertz CT molecular complexity index is 427. The third-order valence-corrected chi connectivity index (χ3v) is 5.10. The molecule has 3 rings (SSSR count). The van der Waals surface area contributed by atoms with Crippen molar-refractivity contribution < 1.29 is 0 Å². The molecule has 110 valence electrons. The van der Waals surface area contributed by atoms with E-state index >= 15 is 0 Å². The summed E-state index contributed by atoms with van der Waals surface area (Å²) in [6.07, 6.45) is 9.49. The van der Waals surface area contributed by atoms with E-state index in [1.54, 1.807) is 11.1 Å². The fourth-order valence-corrected chi connectivity index (χ4v) is 4.13. The van der Waals surface area contributed by atoms with Crippen molar-refractivity contribution in [1.29, 1.82) is 0 Å².